The van der Waals surface area contributed by atoms with Crippen molar-refractivity contribution in [3.8, 4) is 11.5 Å². The van der Waals surface area contributed by atoms with Crippen molar-refractivity contribution >= 4 is 23.5 Å². The van der Waals surface area contributed by atoms with Gasteiger partial charge >= 0.3 is 0 Å². The minimum Gasteiger partial charge on any atom is -0.454 e. The number of nitrogens with one attached hydrogen (secondary N) is 1. The van der Waals surface area contributed by atoms with E-state index >= 15 is 0 Å². The first-order chi connectivity index (χ1) is 12.9. The monoisotopic (exact) mass is 384 g/mol. The molecule has 4 rings (SSSR count). The molecule has 0 saturated heterocycles. The lowest BCUT2D eigenvalue weighted by molar-refractivity contribution is 0.0954. The molecule has 0 bridgehead atoms. The molecule has 142 valence electrons. The van der Waals surface area contributed by atoms with E-state index in [0.29, 0.717) is 17.1 Å². The summed E-state index contributed by atoms with van der Waals surface area (Å²) in [5, 5.41) is 6.08. The Bertz CT molecular complexity index is 895. The second-order valence-corrected chi connectivity index (χ2v) is 9.13. The lowest BCUT2D eigenvalue weighted by Crippen LogP contribution is -2.27. The number of fused-ring (bicyclic) bond motifs is 2. The lowest BCUT2D eigenvalue weighted by atomic mass is 9.72. The molecule has 1 aromatic carbocycles. The number of carbonyl (C=O) groups is 1. The average molecular weight is 385 g/mol. The van der Waals surface area contributed by atoms with Gasteiger partial charge in [-0.25, -0.2) is 5.43 Å². The number of nitrogens with zero attached hydrogens (tertiary/aromatic N) is 1. The number of ether oxygens (including phenoxy) is 2. The van der Waals surface area contributed by atoms with Gasteiger partial charge in [0, 0.05) is 10.3 Å². The molecular formula is C21H24N2O3S. The molecule has 1 aromatic heterocycles. The zero-order valence-electron chi connectivity index (χ0n) is 15.9. The largest absolute Gasteiger partial charge is 0.454 e. The van der Waals surface area contributed by atoms with E-state index in [1.54, 1.807) is 17.6 Å². The first kappa shape index (κ1) is 18.0. The maximum Gasteiger partial charge on any atom is 0.272 e. The van der Waals surface area contributed by atoms with E-state index in [1.807, 2.05) is 23.6 Å². The predicted octanol–water partition coefficient (Wildman–Crippen LogP) is 4.39. The number of benzene rings is 1. The molecule has 0 fully saturated rings. The second kappa shape index (κ2) is 7.00. The Morgan fingerprint density at radius 1 is 1.30 bits per heavy atom. The van der Waals surface area contributed by atoms with Gasteiger partial charge < -0.3 is 9.47 Å². The molecule has 1 aliphatic carbocycles. The molecular weight excluding hydrogens is 360 g/mol. The van der Waals surface area contributed by atoms with Gasteiger partial charge in [0.05, 0.1) is 11.8 Å². The SMILES string of the molecule is CC(C)(C)[C@H]1CCc2c(C(=O)N/N=C\c3ccc4c(c3)OCO4)csc2C1. The highest BCUT2D eigenvalue weighted by molar-refractivity contribution is 7.10. The van der Waals surface area contributed by atoms with Gasteiger partial charge in [0.15, 0.2) is 11.5 Å². The molecule has 1 N–H and O–H groups in total. The first-order valence-corrected chi connectivity index (χ1v) is 10.1. The van der Waals surface area contributed by atoms with Gasteiger partial charge in [0.25, 0.3) is 5.91 Å². The van der Waals surface area contributed by atoms with Crippen LogP contribution in [0.1, 0.15) is 53.6 Å². The maximum absolute atomic E-state index is 12.6. The number of hydrazone groups is 1. The van der Waals surface area contributed by atoms with Gasteiger partial charge in [0.2, 0.25) is 6.79 Å². The number of carbonyl (C=O) groups excluding carboxylic acids is 1. The fourth-order valence-corrected chi connectivity index (χ4v) is 4.82. The van der Waals surface area contributed by atoms with Crippen LogP contribution in [0.5, 0.6) is 11.5 Å². The number of thiophene rings is 1. The molecule has 0 saturated carbocycles. The van der Waals surface area contributed by atoms with Crippen molar-refractivity contribution in [2.75, 3.05) is 6.79 Å². The number of amides is 1. The fourth-order valence-electron chi connectivity index (χ4n) is 3.66. The Hall–Kier alpha value is -2.34. The zero-order chi connectivity index (χ0) is 19.0. The fraction of sp³-hybridized carbons (Fsp3) is 0.429. The number of rotatable bonds is 3. The third-order valence-electron chi connectivity index (χ3n) is 5.40. The van der Waals surface area contributed by atoms with Crippen molar-refractivity contribution in [2.24, 2.45) is 16.4 Å². The van der Waals surface area contributed by atoms with Gasteiger partial charge in [-0.2, -0.15) is 5.10 Å². The van der Waals surface area contributed by atoms with Crippen molar-refractivity contribution < 1.29 is 14.3 Å². The van der Waals surface area contributed by atoms with Crippen LogP contribution in [0, 0.1) is 11.3 Å². The van der Waals surface area contributed by atoms with E-state index in [4.69, 9.17) is 9.47 Å². The molecule has 27 heavy (non-hydrogen) atoms. The summed E-state index contributed by atoms with van der Waals surface area (Å²) in [4.78, 5) is 13.9. The standard InChI is InChI=1S/C21H24N2O3S/c1-21(2,3)14-5-6-15-16(11-27-19(15)9-14)20(24)23-22-10-13-4-7-17-18(8-13)26-12-25-17/h4,7-8,10-11,14H,5-6,9,12H2,1-3H3,(H,23,24)/b22-10-/t14-/m0/s1. The van der Waals surface area contributed by atoms with Gasteiger partial charge in [0.1, 0.15) is 0 Å². The molecule has 1 amide bonds. The third-order valence-corrected chi connectivity index (χ3v) is 6.45. The van der Waals surface area contributed by atoms with E-state index < -0.39 is 0 Å². The Labute approximate surface area is 163 Å². The number of hydrogen-bond donors (Lipinski definition) is 1. The molecule has 5 nitrogen and oxygen atoms in total. The summed E-state index contributed by atoms with van der Waals surface area (Å²) < 4.78 is 10.6. The molecule has 6 heteroatoms. The molecule has 0 spiro atoms. The summed E-state index contributed by atoms with van der Waals surface area (Å²) in [5.74, 6) is 1.96. The van der Waals surface area contributed by atoms with Crippen molar-refractivity contribution in [3.63, 3.8) is 0 Å². The van der Waals surface area contributed by atoms with Crippen LogP contribution in [-0.2, 0) is 12.8 Å². The predicted molar refractivity (Wildman–Crippen MR) is 107 cm³/mol. The van der Waals surface area contributed by atoms with Gasteiger partial charge in [-0.1, -0.05) is 20.8 Å². The van der Waals surface area contributed by atoms with Crippen molar-refractivity contribution in [2.45, 2.75) is 40.0 Å². The third kappa shape index (κ3) is 3.72. The molecule has 0 unspecified atom stereocenters. The second-order valence-electron chi connectivity index (χ2n) is 8.17. The van der Waals surface area contributed by atoms with Crippen molar-refractivity contribution in [1.82, 2.24) is 5.43 Å². The molecule has 0 radical (unpaired) electrons. The Balaban J connectivity index is 1.42. The summed E-state index contributed by atoms with van der Waals surface area (Å²) in [5.41, 5.74) is 5.78. The minimum absolute atomic E-state index is 0.140. The van der Waals surface area contributed by atoms with Crippen molar-refractivity contribution in [3.05, 3.63) is 45.1 Å². The summed E-state index contributed by atoms with van der Waals surface area (Å²) in [6.07, 6.45) is 4.79. The van der Waals surface area contributed by atoms with Crippen LogP contribution >= 0.6 is 11.3 Å². The smallest absolute Gasteiger partial charge is 0.272 e. The minimum atomic E-state index is -0.140. The molecule has 2 aromatic rings. The first-order valence-electron chi connectivity index (χ1n) is 9.24. The van der Waals surface area contributed by atoms with E-state index in [9.17, 15) is 4.79 Å². The highest BCUT2D eigenvalue weighted by atomic mass is 32.1. The average Bonchev–Trinajstić information content (AvgIpc) is 3.26. The quantitative estimate of drug-likeness (QED) is 0.631. The van der Waals surface area contributed by atoms with E-state index in [0.717, 1.165) is 36.1 Å². The molecule has 2 heterocycles. The zero-order valence-corrected chi connectivity index (χ0v) is 16.7. The normalized spacial score (nSPS) is 18.6. The topological polar surface area (TPSA) is 59.9 Å². The van der Waals surface area contributed by atoms with Crippen LogP contribution in [0.15, 0.2) is 28.7 Å². The maximum atomic E-state index is 12.6. The molecule has 1 atom stereocenters. The van der Waals surface area contributed by atoms with Gasteiger partial charge in [-0.05, 0) is 59.9 Å². The highest BCUT2D eigenvalue weighted by Gasteiger charge is 2.31. The van der Waals surface area contributed by atoms with Crippen LogP contribution in [-0.4, -0.2) is 18.9 Å². The van der Waals surface area contributed by atoms with Crippen LogP contribution in [0.2, 0.25) is 0 Å². The summed E-state index contributed by atoms with van der Waals surface area (Å²) in [6.45, 7) is 7.14. The van der Waals surface area contributed by atoms with Crippen LogP contribution in [0.3, 0.4) is 0 Å². The Morgan fingerprint density at radius 3 is 2.93 bits per heavy atom. The summed E-state index contributed by atoms with van der Waals surface area (Å²) in [7, 11) is 0. The Kier molecular flexibility index (Phi) is 4.68. The van der Waals surface area contributed by atoms with Crippen molar-refractivity contribution in [1.29, 1.82) is 0 Å². The van der Waals surface area contributed by atoms with Crippen LogP contribution in [0.4, 0.5) is 0 Å². The molecule has 2 aliphatic rings. The van der Waals surface area contributed by atoms with E-state index in [2.05, 4.69) is 31.3 Å². The Morgan fingerprint density at radius 2 is 2.11 bits per heavy atom. The van der Waals surface area contributed by atoms with Gasteiger partial charge in [-0.3, -0.25) is 4.79 Å². The lowest BCUT2D eigenvalue weighted by Gasteiger charge is -2.33. The van der Waals surface area contributed by atoms with E-state index in [1.165, 1.54) is 10.4 Å². The number of hydrogen-bond acceptors (Lipinski definition) is 5. The molecule has 1 aliphatic heterocycles. The van der Waals surface area contributed by atoms with E-state index in [-0.39, 0.29) is 12.7 Å². The van der Waals surface area contributed by atoms with Crippen LogP contribution in [0.25, 0.3) is 0 Å². The van der Waals surface area contributed by atoms with Crippen LogP contribution < -0.4 is 14.9 Å². The summed E-state index contributed by atoms with van der Waals surface area (Å²) >= 11 is 1.70. The highest BCUT2D eigenvalue weighted by Crippen LogP contribution is 2.40. The summed E-state index contributed by atoms with van der Waals surface area (Å²) in [6, 6.07) is 5.56. The van der Waals surface area contributed by atoms with Gasteiger partial charge in [-0.15, -0.1) is 11.3 Å².